The van der Waals surface area contributed by atoms with E-state index in [0.29, 0.717) is 11.9 Å². The number of non-ortho nitro benzene ring substituents is 1. The number of nitro groups is 1. The average molecular weight is 290 g/mol. The summed E-state index contributed by atoms with van der Waals surface area (Å²) in [5.41, 5.74) is 0.584. The first-order valence-electron chi connectivity index (χ1n) is 6.18. The van der Waals surface area contributed by atoms with Gasteiger partial charge in [-0.1, -0.05) is 0 Å². The highest BCUT2D eigenvalue weighted by Crippen LogP contribution is 2.24. The van der Waals surface area contributed by atoms with Gasteiger partial charge in [-0.15, -0.1) is 0 Å². The number of hydrogen-bond donors (Lipinski definition) is 2. The minimum atomic E-state index is -0.620. The molecule has 1 aromatic carbocycles. The van der Waals surface area contributed by atoms with Crippen LogP contribution in [0.1, 0.15) is 12.8 Å². The van der Waals surface area contributed by atoms with Gasteiger partial charge in [-0.25, -0.2) is 0 Å². The van der Waals surface area contributed by atoms with Gasteiger partial charge in [0.25, 0.3) is 11.7 Å². The van der Waals surface area contributed by atoms with Crippen LogP contribution in [0.5, 0.6) is 0 Å². The van der Waals surface area contributed by atoms with Gasteiger partial charge < -0.3 is 9.73 Å². The number of benzene rings is 1. The lowest BCUT2D eigenvalue weighted by atomic mass is 10.1. The lowest BCUT2D eigenvalue weighted by Crippen LogP contribution is -2.47. The predicted octanol–water partition coefficient (Wildman–Crippen LogP) is 0.953. The highest BCUT2D eigenvalue weighted by Gasteiger charge is 2.27. The van der Waals surface area contributed by atoms with Gasteiger partial charge in [0.1, 0.15) is 11.6 Å². The number of nitrogens with zero attached hydrogens (tertiary/aromatic N) is 2. The van der Waals surface area contributed by atoms with Crippen molar-refractivity contribution in [3.05, 3.63) is 28.3 Å². The normalized spacial score (nSPS) is 18.6. The molecule has 1 unspecified atom stereocenters. The standard InChI is InChI=1S/C12H10N4O5/c17-10-4-3-8(11(18)15-10)14-12-13-7-2-1-6(16(19)20)5-9(7)21-12/h1-2,5,8H,3-4H2,(H,13,14)(H,15,17,18). The Morgan fingerprint density at radius 1 is 1.43 bits per heavy atom. The van der Waals surface area contributed by atoms with Crippen LogP contribution >= 0.6 is 0 Å². The van der Waals surface area contributed by atoms with Crippen molar-refractivity contribution in [2.24, 2.45) is 0 Å². The maximum atomic E-state index is 11.6. The van der Waals surface area contributed by atoms with Crippen molar-refractivity contribution in [3.8, 4) is 0 Å². The van der Waals surface area contributed by atoms with E-state index in [1.54, 1.807) is 0 Å². The molecule has 1 fully saturated rings. The Hall–Kier alpha value is -2.97. The Kier molecular flexibility index (Phi) is 3.01. The maximum Gasteiger partial charge on any atom is 0.296 e. The first-order chi connectivity index (χ1) is 10.0. The molecule has 0 spiro atoms. The smallest absolute Gasteiger partial charge is 0.296 e. The highest BCUT2D eigenvalue weighted by atomic mass is 16.6. The molecule has 0 radical (unpaired) electrons. The molecule has 9 nitrogen and oxygen atoms in total. The zero-order chi connectivity index (χ0) is 15.0. The van der Waals surface area contributed by atoms with E-state index in [0.717, 1.165) is 0 Å². The van der Waals surface area contributed by atoms with Crippen molar-refractivity contribution in [3.63, 3.8) is 0 Å². The monoisotopic (exact) mass is 290 g/mol. The maximum absolute atomic E-state index is 11.6. The molecule has 1 aliphatic rings. The minimum absolute atomic E-state index is 0.0833. The number of anilines is 1. The number of piperidine rings is 1. The van der Waals surface area contributed by atoms with Gasteiger partial charge in [0.05, 0.1) is 11.0 Å². The second kappa shape index (κ2) is 4.85. The zero-order valence-corrected chi connectivity index (χ0v) is 10.7. The summed E-state index contributed by atoms with van der Waals surface area (Å²) >= 11 is 0. The topological polar surface area (TPSA) is 127 Å². The number of oxazole rings is 1. The highest BCUT2D eigenvalue weighted by molar-refractivity contribution is 6.01. The molecule has 0 bridgehead atoms. The largest absolute Gasteiger partial charge is 0.423 e. The quantitative estimate of drug-likeness (QED) is 0.489. The molecule has 9 heteroatoms. The molecular formula is C12H10N4O5. The zero-order valence-electron chi connectivity index (χ0n) is 10.7. The summed E-state index contributed by atoms with van der Waals surface area (Å²) in [5, 5.41) is 15.7. The van der Waals surface area contributed by atoms with Crippen molar-refractivity contribution in [2.75, 3.05) is 5.32 Å². The van der Waals surface area contributed by atoms with Crippen molar-refractivity contribution >= 4 is 34.6 Å². The summed E-state index contributed by atoms with van der Waals surface area (Å²) in [4.78, 5) is 36.9. The number of fused-ring (bicyclic) bond motifs is 1. The third kappa shape index (κ3) is 2.53. The SMILES string of the molecule is O=C1CCC(Nc2nc3ccc([N+](=O)[O-])cc3o2)C(=O)N1. The van der Waals surface area contributed by atoms with Crippen LogP contribution in [-0.4, -0.2) is 27.8 Å². The van der Waals surface area contributed by atoms with Crippen LogP contribution in [0.3, 0.4) is 0 Å². The number of carbonyl (C=O) groups excluding carboxylic acids is 2. The van der Waals surface area contributed by atoms with E-state index in [1.807, 2.05) is 0 Å². The molecule has 3 rings (SSSR count). The number of amides is 2. The molecule has 108 valence electrons. The molecule has 1 atom stereocenters. The van der Waals surface area contributed by atoms with Gasteiger partial charge in [-0.2, -0.15) is 4.98 Å². The fourth-order valence-corrected chi connectivity index (χ4v) is 2.07. The van der Waals surface area contributed by atoms with Gasteiger partial charge in [0.2, 0.25) is 11.8 Å². The molecule has 21 heavy (non-hydrogen) atoms. The van der Waals surface area contributed by atoms with E-state index in [2.05, 4.69) is 15.6 Å². The molecule has 1 aliphatic heterocycles. The molecule has 1 aromatic heterocycles. The third-order valence-electron chi connectivity index (χ3n) is 3.12. The second-order valence-corrected chi connectivity index (χ2v) is 4.58. The van der Waals surface area contributed by atoms with Crippen LogP contribution in [-0.2, 0) is 9.59 Å². The number of imide groups is 1. The van der Waals surface area contributed by atoms with Crippen LogP contribution < -0.4 is 10.6 Å². The lowest BCUT2D eigenvalue weighted by Gasteiger charge is -2.20. The molecule has 0 saturated carbocycles. The van der Waals surface area contributed by atoms with Crippen LogP contribution in [0, 0.1) is 10.1 Å². The number of hydrogen-bond acceptors (Lipinski definition) is 7. The van der Waals surface area contributed by atoms with Gasteiger partial charge in [0, 0.05) is 12.5 Å². The first-order valence-corrected chi connectivity index (χ1v) is 6.18. The van der Waals surface area contributed by atoms with Crippen molar-refractivity contribution in [1.29, 1.82) is 0 Å². The van der Waals surface area contributed by atoms with Gasteiger partial charge >= 0.3 is 0 Å². The second-order valence-electron chi connectivity index (χ2n) is 4.58. The Labute approximate surface area is 117 Å². The number of nitro benzene ring substituents is 1. The fourth-order valence-electron chi connectivity index (χ4n) is 2.07. The molecule has 2 aromatic rings. The summed E-state index contributed by atoms with van der Waals surface area (Å²) in [5.74, 6) is -0.759. The van der Waals surface area contributed by atoms with Crippen LogP contribution in [0.2, 0.25) is 0 Å². The summed E-state index contributed by atoms with van der Waals surface area (Å²) < 4.78 is 5.35. The fraction of sp³-hybridized carbons (Fsp3) is 0.250. The van der Waals surface area contributed by atoms with Gasteiger partial charge in [0.15, 0.2) is 5.58 Å². The lowest BCUT2D eigenvalue weighted by molar-refractivity contribution is -0.384. The third-order valence-corrected chi connectivity index (χ3v) is 3.12. The van der Waals surface area contributed by atoms with Crippen LogP contribution in [0.15, 0.2) is 22.6 Å². The Morgan fingerprint density at radius 3 is 2.95 bits per heavy atom. The van der Waals surface area contributed by atoms with E-state index in [9.17, 15) is 19.7 Å². The Morgan fingerprint density at radius 2 is 2.24 bits per heavy atom. The summed E-state index contributed by atoms with van der Waals surface area (Å²) in [6.45, 7) is 0. The molecule has 2 N–H and O–H groups in total. The summed E-state index contributed by atoms with van der Waals surface area (Å²) in [7, 11) is 0. The summed E-state index contributed by atoms with van der Waals surface area (Å²) in [6.07, 6.45) is 0.568. The van der Waals surface area contributed by atoms with Crippen molar-refractivity contribution in [1.82, 2.24) is 10.3 Å². The molecule has 2 amide bonds. The molecular weight excluding hydrogens is 280 g/mol. The van der Waals surface area contributed by atoms with Gasteiger partial charge in [-0.3, -0.25) is 25.0 Å². The first kappa shape index (κ1) is 13.0. The van der Waals surface area contributed by atoms with E-state index < -0.39 is 16.9 Å². The van der Waals surface area contributed by atoms with E-state index in [1.165, 1.54) is 18.2 Å². The van der Waals surface area contributed by atoms with Crippen molar-refractivity contribution < 1.29 is 18.9 Å². The predicted molar refractivity (Wildman–Crippen MR) is 70.5 cm³/mol. The molecule has 0 aliphatic carbocycles. The van der Waals surface area contributed by atoms with Crippen molar-refractivity contribution in [2.45, 2.75) is 18.9 Å². The average Bonchev–Trinajstić information content (AvgIpc) is 2.83. The number of aromatic nitrogens is 1. The summed E-state index contributed by atoms with van der Waals surface area (Å²) in [6, 6.07) is 3.51. The van der Waals surface area contributed by atoms with Crippen LogP contribution in [0.4, 0.5) is 11.7 Å². The molecule has 1 saturated heterocycles. The molecule has 2 heterocycles. The van der Waals surface area contributed by atoms with E-state index in [4.69, 9.17) is 4.42 Å². The Bertz CT molecular complexity index is 753. The number of rotatable bonds is 3. The number of nitrogens with one attached hydrogen (secondary N) is 2. The van der Waals surface area contributed by atoms with E-state index >= 15 is 0 Å². The number of carbonyl (C=O) groups is 2. The Balaban J connectivity index is 1.83. The van der Waals surface area contributed by atoms with Gasteiger partial charge in [-0.05, 0) is 12.5 Å². The minimum Gasteiger partial charge on any atom is -0.423 e. The van der Waals surface area contributed by atoms with E-state index in [-0.39, 0.29) is 29.6 Å². The van der Waals surface area contributed by atoms with Crippen LogP contribution in [0.25, 0.3) is 11.1 Å².